The maximum atomic E-state index is 14.5. The number of hydrogen-bond donors (Lipinski definition) is 0. The molecular formula is C20H21F13O2. The van der Waals surface area contributed by atoms with Gasteiger partial charge in [0.25, 0.3) is 0 Å². The average Bonchev–Trinajstić information content (AvgIpc) is 2.70. The lowest BCUT2D eigenvalue weighted by Crippen LogP contribution is -2.70. The second-order valence-corrected chi connectivity index (χ2v) is 8.31. The SMILES string of the molecule is COC(C)(CC(F)(F)C(F)(F)C(F)(F)C(F)(F)C(F)(F)C(F)(F)F)c1ccccc1OCC(C)C. The molecule has 0 saturated carbocycles. The summed E-state index contributed by atoms with van der Waals surface area (Å²) in [6, 6.07) is 4.66. The van der Waals surface area contributed by atoms with Crippen molar-refractivity contribution < 1.29 is 66.5 Å². The van der Waals surface area contributed by atoms with Gasteiger partial charge in [0.1, 0.15) is 5.75 Å². The molecule has 15 heteroatoms. The molecule has 35 heavy (non-hydrogen) atoms. The fraction of sp³-hybridized carbons (Fsp3) is 0.700. The quantitative estimate of drug-likeness (QED) is 0.268. The first-order chi connectivity index (χ1) is 15.4. The van der Waals surface area contributed by atoms with E-state index in [0.29, 0.717) is 14.0 Å². The van der Waals surface area contributed by atoms with Crippen LogP contribution in [0.4, 0.5) is 57.1 Å². The van der Waals surface area contributed by atoms with E-state index in [1.54, 1.807) is 13.8 Å². The molecule has 1 aromatic carbocycles. The molecule has 0 bridgehead atoms. The van der Waals surface area contributed by atoms with E-state index < -0.39 is 53.4 Å². The third-order valence-corrected chi connectivity index (χ3v) is 5.04. The van der Waals surface area contributed by atoms with Crippen LogP contribution in [0.5, 0.6) is 5.75 Å². The second-order valence-electron chi connectivity index (χ2n) is 8.31. The molecule has 0 N–H and O–H groups in total. The molecule has 0 aliphatic rings. The summed E-state index contributed by atoms with van der Waals surface area (Å²) in [6.07, 6.45) is -9.99. The Morgan fingerprint density at radius 3 is 1.60 bits per heavy atom. The number of hydrogen-bond acceptors (Lipinski definition) is 2. The first-order valence-corrected chi connectivity index (χ1v) is 9.66. The van der Waals surface area contributed by atoms with Crippen LogP contribution in [0.25, 0.3) is 0 Å². The van der Waals surface area contributed by atoms with Crippen molar-refractivity contribution in [1.29, 1.82) is 0 Å². The van der Waals surface area contributed by atoms with Crippen molar-refractivity contribution in [3.63, 3.8) is 0 Å². The Hall–Kier alpha value is -1.93. The summed E-state index contributed by atoms with van der Waals surface area (Å²) in [5.74, 6) is -37.7. The molecule has 0 saturated heterocycles. The highest BCUT2D eigenvalue weighted by molar-refractivity contribution is 5.38. The van der Waals surface area contributed by atoms with Gasteiger partial charge in [-0.2, -0.15) is 57.1 Å². The van der Waals surface area contributed by atoms with E-state index in [0.717, 1.165) is 12.1 Å². The van der Waals surface area contributed by atoms with Crippen molar-refractivity contribution >= 4 is 0 Å². The molecule has 0 aromatic heterocycles. The number of benzene rings is 1. The van der Waals surface area contributed by atoms with Crippen LogP contribution in [0.2, 0.25) is 0 Å². The van der Waals surface area contributed by atoms with Gasteiger partial charge in [0, 0.05) is 12.7 Å². The smallest absolute Gasteiger partial charge is 0.460 e. The summed E-state index contributed by atoms with van der Waals surface area (Å²) in [4.78, 5) is 0. The van der Waals surface area contributed by atoms with Crippen molar-refractivity contribution in [2.24, 2.45) is 5.92 Å². The molecule has 204 valence electrons. The molecule has 0 fully saturated rings. The molecule has 0 amide bonds. The van der Waals surface area contributed by atoms with E-state index in [9.17, 15) is 57.1 Å². The molecule has 0 aliphatic carbocycles. The first-order valence-electron chi connectivity index (χ1n) is 9.66. The van der Waals surface area contributed by atoms with E-state index in [2.05, 4.69) is 0 Å². The normalized spacial score (nSPS) is 16.4. The molecule has 0 radical (unpaired) electrons. The van der Waals surface area contributed by atoms with Gasteiger partial charge in [0.15, 0.2) is 0 Å². The largest absolute Gasteiger partial charge is 0.493 e. The number of methoxy groups -OCH3 is 1. The van der Waals surface area contributed by atoms with Gasteiger partial charge in [-0.25, -0.2) is 0 Å². The minimum absolute atomic E-state index is 0.0415. The average molecular weight is 540 g/mol. The van der Waals surface area contributed by atoms with Crippen LogP contribution in [0.1, 0.15) is 32.8 Å². The van der Waals surface area contributed by atoms with Crippen LogP contribution in [-0.4, -0.2) is 49.5 Å². The zero-order valence-electron chi connectivity index (χ0n) is 18.5. The van der Waals surface area contributed by atoms with E-state index in [1.165, 1.54) is 12.1 Å². The number of halogens is 13. The minimum Gasteiger partial charge on any atom is -0.493 e. The van der Waals surface area contributed by atoms with Crippen molar-refractivity contribution in [2.45, 2.75) is 68.6 Å². The Morgan fingerprint density at radius 1 is 0.714 bits per heavy atom. The highest BCUT2D eigenvalue weighted by atomic mass is 19.4. The van der Waals surface area contributed by atoms with Crippen LogP contribution in [0.15, 0.2) is 24.3 Å². The Morgan fingerprint density at radius 2 is 1.17 bits per heavy atom. The molecule has 0 heterocycles. The second kappa shape index (κ2) is 9.51. The molecule has 0 aliphatic heterocycles. The third kappa shape index (κ3) is 5.29. The van der Waals surface area contributed by atoms with Gasteiger partial charge in [0.2, 0.25) is 0 Å². The summed E-state index contributed by atoms with van der Waals surface area (Å²) < 4.78 is 185. The Bertz CT molecular complexity index is 865. The van der Waals surface area contributed by atoms with Crippen molar-refractivity contribution in [3.05, 3.63) is 29.8 Å². The molecule has 1 aromatic rings. The molecule has 1 unspecified atom stereocenters. The fourth-order valence-electron chi connectivity index (χ4n) is 2.90. The predicted molar refractivity (Wildman–Crippen MR) is 96.5 cm³/mol. The lowest BCUT2D eigenvalue weighted by Gasteiger charge is -2.42. The molecule has 1 rings (SSSR count). The van der Waals surface area contributed by atoms with Crippen molar-refractivity contribution in [3.8, 4) is 5.75 Å². The maximum Gasteiger partial charge on any atom is 0.460 e. The van der Waals surface area contributed by atoms with E-state index in [1.807, 2.05) is 0 Å². The van der Waals surface area contributed by atoms with E-state index >= 15 is 0 Å². The zero-order valence-corrected chi connectivity index (χ0v) is 18.5. The van der Waals surface area contributed by atoms with Gasteiger partial charge in [-0.3, -0.25) is 0 Å². The standard InChI is InChI=1S/C20H21F13O2/c1-11(2)9-35-13-8-6-5-7-12(13)14(3,34-4)10-15(21,22)16(23,24)17(25,26)18(27,28)19(29,30)20(31,32)33/h5-8,11H,9-10H2,1-4H3. The molecular weight excluding hydrogens is 519 g/mol. The number of rotatable bonds is 11. The Balaban J connectivity index is 3.55. The van der Waals surface area contributed by atoms with Crippen LogP contribution < -0.4 is 4.74 Å². The third-order valence-electron chi connectivity index (χ3n) is 5.04. The number of para-hydroxylation sites is 1. The van der Waals surface area contributed by atoms with Crippen molar-refractivity contribution in [1.82, 2.24) is 0 Å². The maximum absolute atomic E-state index is 14.5. The Kier molecular flexibility index (Phi) is 8.45. The Labute approximate surface area is 191 Å². The van der Waals surface area contributed by atoms with Gasteiger partial charge in [0.05, 0.1) is 18.6 Å². The van der Waals surface area contributed by atoms with Crippen LogP contribution in [0, 0.1) is 5.92 Å². The first kappa shape index (κ1) is 31.1. The minimum atomic E-state index is -7.95. The van der Waals surface area contributed by atoms with Gasteiger partial charge < -0.3 is 9.47 Å². The van der Waals surface area contributed by atoms with Gasteiger partial charge in [-0.1, -0.05) is 32.0 Å². The highest BCUT2D eigenvalue weighted by Gasteiger charge is 2.90. The molecule has 0 spiro atoms. The van der Waals surface area contributed by atoms with Crippen molar-refractivity contribution in [2.75, 3.05) is 13.7 Å². The molecule has 2 nitrogen and oxygen atoms in total. The number of ether oxygens (including phenoxy) is 2. The van der Waals surface area contributed by atoms with Crippen LogP contribution in [-0.2, 0) is 10.3 Å². The van der Waals surface area contributed by atoms with Crippen LogP contribution >= 0.6 is 0 Å². The summed E-state index contributed by atoms with van der Waals surface area (Å²) >= 11 is 0. The van der Waals surface area contributed by atoms with Crippen LogP contribution in [0.3, 0.4) is 0 Å². The zero-order chi connectivity index (χ0) is 27.9. The van der Waals surface area contributed by atoms with E-state index in [-0.39, 0.29) is 18.3 Å². The van der Waals surface area contributed by atoms with Gasteiger partial charge in [-0.05, 0) is 18.9 Å². The van der Waals surface area contributed by atoms with E-state index in [4.69, 9.17) is 9.47 Å². The summed E-state index contributed by atoms with van der Waals surface area (Å²) in [7, 11) is 0.665. The van der Waals surface area contributed by atoms with Gasteiger partial charge >= 0.3 is 35.8 Å². The lowest BCUT2D eigenvalue weighted by molar-refractivity contribution is -0.441. The summed E-state index contributed by atoms with van der Waals surface area (Å²) in [5, 5.41) is 0. The highest BCUT2D eigenvalue weighted by Crippen LogP contribution is 2.61. The summed E-state index contributed by atoms with van der Waals surface area (Å²) in [5.41, 5.74) is -3.12. The predicted octanol–water partition coefficient (Wildman–Crippen LogP) is 7.71. The lowest BCUT2D eigenvalue weighted by atomic mass is 9.83. The summed E-state index contributed by atoms with van der Waals surface area (Å²) in [6.45, 7) is 3.97. The fourth-order valence-corrected chi connectivity index (χ4v) is 2.90. The molecule has 1 atom stereocenters. The monoisotopic (exact) mass is 540 g/mol. The van der Waals surface area contributed by atoms with Gasteiger partial charge in [-0.15, -0.1) is 0 Å². The number of alkyl halides is 13. The topological polar surface area (TPSA) is 18.5 Å².